The minimum Gasteiger partial charge on any atom is -0.358 e. The molecular weight excluding hydrogens is 308 g/mol. The maximum atomic E-state index is 4.55. The Balaban J connectivity index is 1.75. The fraction of sp³-hybridized carbons (Fsp3) is 0.619. The maximum absolute atomic E-state index is 4.55. The number of allylic oxidation sites excluding steroid dienone is 4. The highest BCUT2D eigenvalue weighted by molar-refractivity contribution is 6.09. The predicted molar refractivity (Wildman–Crippen MR) is 107 cm³/mol. The quantitative estimate of drug-likeness (QED) is 0.601. The first-order valence-corrected chi connectivity index (χ1v) is 9.94. The van der Waals surface area contributed by atoms with Gasteiger partial charge in [0.05, 0.1) is 0 Å². The molecule has 2 aliphatic heterocycles. The van der Waals surface area contributed by atoms with Gasteiger partial charge in [0, 0.05) is 38.5 Å². The number of aliphatic imine (C=N–C) groups is 2. The van der Waals surface area contributed by atoms with Crippen LogP contribution in [0.4, 0.5) is 0 Å². The molecule has 1 saturated heterocycles. The van der Waals surface area contributed by atoms with Gasteiger partial charge in [-0.1, -0.05) is 25.0 Å². The van der Waals surface area contributed by atoms with E-state index in [2.05, 4.69) is 38.4 Å². The molecule has 0 aromatic heterocycles. The topological polar surface area (TPSA) is 40.0 Å². The van der Waals surface area contributed by atoms with E-state index in [0.717, 1.165) is 24.4 Å². The molecule has 0 aromatic carbocycles. The van der Waals surface area contributed by atoms with Crippen LogP contribution in [-0.4, -0.2) is 36.6 Å². The molecule has 0 aromatic rings. The van der Waals surface area contributed by atoms with Crippen LogP contribution in [0, 0.1) is 0 Å². The van der Waals surface area contributed by atoms with Crippen molar-refractivity contribution in [1.82, 2.24) is 10.2 Å². The summed E-state index contributed by atoms with van der Waals surface area (Å²) in [6, 6.07) is 0. The second-order valence-electron chi connectivity index (χ2n) is 7.18. The van der Waals surface area contributed by atoms with Gasteiger partial charge < -0.3 is 10.2 Å². The lowest BCUT2D eigenvalue weighted by Crippen LogP contribution is -2.37. The van der Waals surface area contributed by atoms with Gasteiger partial charge in [-0.25, -0.2) is 0 Å². The molecular formula is C21H32N4. The molecule has 0 radical (unpaired) electrons. The lowest BCUT2D eigenvalue weighted by Gasteiger charge is -2.29. The third-order valence-corrected chi connectivity index (χ3v) is 5.27. The standard InChI is InChI=1S/C21H32N4/c1-22-20(17-19-13-5-4-8-14-23-19)24-21(18-11-6-7-12-18)25-15-9-2-3-10-16-25/h5,8,13-14H,2-4,6-7,9-12,15-17H2,1H3,(H,22,24). The minimum absolute atomic E-state index is 0.766. The molecule has 4 heteroatoms. The van der Waals surface area contributed by atoms with E-state index in [1.54, 1.807) is 5.57 Å². The molecule has 1 saturated carbocycles. The molecule has 3 rings (SSSR count). The number of hydrogen-bond donors (Lipinski definition) is 1. The van der Waals surface area contributed by atoms with Crippen molar-refractivity contribution in [3.8, 4) is 0 Å². The van der Waals surface area contributed by atoms with Gasteiger partial charge in [-0.2, -0.15) is 0 Å². The Morgan fingerprint density at radius 1 is 1.08 bits per heavy atom. The van der Waals surface area contributed by atoms with E-state index in [1.807, 2.05) is 13.2 Å². The minimum atomic E-state index is 0.766. The molecule has 0 amide bonds. The molecule has 136 valence electrons. The van der Waals surface area contributed by atoms with Crippen LogP contribution in [0.15, 0.2) is 45.8 Å². The second-order valence-corrected chi connectivity index (χ2v) is 7.18. The van der Waals surface area contributed by atoms with Gasteiger partial charge in [-0.15, -0.1) is 0 Å². The van der Waals surface area contributed by atoms with Crippen LogP contribution >= 0.6 is 0 Å². The van der Waals surface area contributed by atoms with E-state index >= 15 is 0 Å². The number of likely N-dealkylation sites (tertiary alicyclic amines) is 1. The Bertz CT molecular complexity index is 579. The van der Waals surface area contributed by atoms with Crippen molar-refractivity contribution in [2.45, 2.75) is 64.2 Å². The third kappa shape index (κ3) is 5.32. The lowest BCUT2D eigenvalue weighted by atomic mass is 10.2. The first-order chi connectivity index (χ1) is 12.4. The SMILES string of the molecule is CN=C(CC1=NC=CCC=C1)NC(=C1CCCC1)N1CCCCCC1. The Morgan fingerprint density at radius 3 is 2.56 bits per heavy atom. The highest BCUT2D eigenvalue weighted by atomic mass is 15.3. The number of hydrogen-bond acceptors (Lipinski definition) is 3. The summed E-state index contributed by atoms with van der Waals surface area (Å²) < 4.78 is 0. The summed E-state index contributed by atoms with van der Waals surface area (Å²) in [5.41, 5.74) is 2.68. The van der Waals surface area contributed by atoms with Crippen molar-refractivity contribution in [1.29, 1.82) is 0 Å². The Hall–Kier alpha value is -1.84. The van der Waals surface area contributed by atoms with Crippen molar-refractivity contribution in [3.05, 3.63) is 35.8 Å². The molecule has 3 aliphatic rings. The highest BCUT2D eigenvalue weighted by Crippen LogP contribution is 2.28. The van der Waals surface area contributed by atoms with Gasteiger partial charge in [0.25, 0.3) is 0 Å². The molecule has 1 aliphatic carbocycles. The normalized spacial score (nSPS) is 21.8. The molecule has 0 atom stereocenters. The lowest BCUT2D eigenvalue weighted by molar-refractivity contribution is 0.339. The zero-order valence-electron chi connectivity index (χ0n) is 15.6. The summed E-state index contributed by atoms with van der Waals surface area (Å²) in [5.74, 6) is 2.38. The predicted octanol–water partition coefficient (Wildman–Crippen LogP) is 4.57. The van der Waals surface area contributed by atoms with Crippen molar-refractivity contribution in [2.24, 2.45) is 9.98 Å². The molecule has 0 spiro atoms. The monoisotopic (exact) mass is 340 g/mol. The van der Waals surface area contributed by atoms with E-state index in [4.69, 9.17) is 0 Å². The number of nitrogens with one attached hydrogen (secondary N) is 1. The van der Waals surface area contributed by atoms with Gasteiger partial charge in [-0.3, -0.25) is 9.98 Å². The van der Waals surface area contributed by atoms with Gasteiger partial charge in [0.2, 0.25) is 0 Å². The van der Waals surface area contributed by atoms with Gasteiger partial charge in [0.1, 0.15) is 11.7 Å². The van der Waals surface area contributed by atoms with Gasteiger partial charge in [-0.05, 0) is 56.6 Å². The van der Waals surface area contributed by atoms with Crippen LogP contribution in [-0.2, 0) is 0 Å². The van der Waals surface area contributed by atoms with E-state index in [-0.39, 0.29) is 0 Å². The number of nitrogens with zero attached hydrogens (tertiary/aromatic N) is 3. The maximum Gasteiger partial charge on any atom is 0.107 e. The van der Waals surface area contributed by atoms with Crippen LogP contribution in [0.25, 0.3) is 0 Å². The molecule has 1 N–H and O–H groups in total. The second kappa shape index (κ2) is 9.59. The first-order valence-electron chi connectivity index (χ1n) is 9.94. The summed E-state index contributed by atoms with van der Waals surface area (Å²) in [6.45, 7) is 2.35. The van der Waals surface area contributed by atoms with E-state index in [9.17, 15) is 0 Å². The average Bonchev–Trinajstić information content (AvgIpc) is 2.86. The molecule has 2 heterocycles. The fourth-order valence-electron chi connectivity index (χ4n) is 3.85. The third-order valence-electron chi connectivity index (χ3n) is 5.27. The first kappa shape index (κ1) is 18.0. The zero-order chi connectivity index (χ0) is 17.3. The van der Waals surface area contributed by atoms with Crippen LogP contribution in [0.1, 0.15) is 64.2 Å². The fourth-order valence-corrected chi connectivity index (χ4v) is 3.85. The van der Waals surface area contributed by atoms with Crippen LogP contribution < -0.4 is 5.32 Å². The number of rotatable bonds is 4. The Kier molecular flexibility index (Phi) is 6.89. The Morgan fingerprint density at radius 2 is 1.84 bits per heavy atom. The summed E-state index contributed by atoms with van der Waals surface area (Å²) in [7, 11) is 1.89. The average molecular weight is 341 g/mol. The van der Waals surface area contributed by atoms with Crippen LogP contribution in [0.5, 0.6) is 0 Å². The summed E-state index contributed by atoms with van der Waals surface area (Å²) in [4.78, 5) is 11.7. The Labute approximate surface area is 152 Å². The summed E-state index contributed by atoms with van der Waals surface area (Å²) in [6.07, 6.45) is 20.5. The summed E-state index contributed by atoms with van der Waals surface area (Å²) in [5, 5.41) is 3.73. The van der Waals surface area contributed by atoms with Crippen molar-refractivity contribution in [3.63, 3.8) is 0 Å². The van der Waals surface area contributed by atoms with Crippen molar-refractivity contribution >= 4 is 11.5 Å². The van der Waals surface area contributed by atoms with Crippen LogP contribution in [0.2, 0.25) is 0 Å². The van der Waals surface area contributed by atoms with E-state index in [0.29, 0.717) is 0 Å². The molecule has 0 unspecified atom stereocenters. The summed E-state index contributed by atoms with van der Waals surface area (Å²) >= 11 is 0. The molecule has 4 nitrogen and oxygen atoms in total. The van der Waals surface area contributed by atoms with E-state index in [1.165, 1.54) is 70.3 Å². The number of amidine groups is 1. The molecule has 0 bridgehead atoms. The van der Waals surface area contributed by atoms with Crippen molar-refractivity contribution < 1.29 is 0 Å². The zero-order valence-corrected chi connectivity index (χ0v) is 15.6. The largest absolute Gasteiger partial charge is 0.358 e. The van der Waals surface area contributed by atoms with Crippen molar-refractivity contribution in [2.75, 3.05) is 20.1 Å². The molecule has 25 heavy (non-hydrogen) atoms. The smallest absolute Gasteiger partial charge is 0.107 e. The van der Waals surface area contributed by atoms with E-state index < -0.39 is 0 Å². The highest BCUT2D eigenvalue weighted by Gasteiger charge is 2.20. The van der Waals surface area contributed by atoms with Crippen LogP contribution in [0.3, 0.4) is 0 Å². The van der Waals surface area contributed by atoms with Gasteiger partial charge in [0.15, 0.2) is 0 Å². The molecule has 2 fully saturated rings. The van der Waals surface area contributed by atoms with Gasteiger partial charge >= 0.3 is 0 Å².